The first-order valence-corrected chi connectivity index (χ1v) is 18.2. The van der Waals surface area contributed by atoms with E-state index in [1.807, 2.05) is 18.2 Å². The standard InChI is InChI=1S/C50H30N4/c1-2-10-33(11-3-1)44-27-24-34-19-20-35-25-28-45(53-48(35)47(34)52-44)37-22-18-31-17-21-36(29-38(31)30-37)43-15-8-16-46(51-43)50-41-14-7-6-13-40(41)42-26-23-32-9-4-5-12-39(32)49(42)54-50/h1-30H. The summed E-state index contributed by atoms with van der Waals surface area (Å²) in [4.78, 5) is 20.9. The lowest BCUT2D eigenvalue weighted by atomic mass is 9.98. The van der Waals surface area contributed by atoms with Gasteiger partial charge in [0, 0.05) is 43.6 Å². The number of nitrogens with zero attached hydrogens (tertiary/aromatic N) is 4. The van der Waals surface area contributed by atoms with Crippen LogP contribution in [0.15, 0.2) is 182 Å². The molecular formula is C50H30N4. The number of fused-ring (bicyclic) bond motifs is 9. The van der Waals surface area contributed by atoms with Gasteiger partial charge in [0.25, 0.3) is 0 Å². The molecule has 0 unspecified atom stereocenters. The van der Waals surface area contributed by atoms with Crippen LogP contribution < -0.4 is 0 Å². The fourth-order valence-electron chi connectivity index (χ4n) is 7.88. The maximum Gasteiger partial charge on any atom is 0.0972 e. The average Bonchev–Trinajstić information content (AvgIpc) is 3.25. The first-order valence-electron chi connectivity index (χ1n) is 18.2. The molecule has 4 aromatic heterocycles. The van der Waals surface area contributed by atoms with Gasteiger partial charge in [0.1, 0.15) is 0 Å². The van der Waals surface area contributed by atoms with Gasteiger partial charge in [0.05, 0.1) is 45.0 Å². The van der Waals surface area contributed by atoms with Gasteiger partial charge in [0.15, 0.2) is 0 Å². The van der Waals surface area contributed by atoms with E-state index in [1.165, 1.54) is 10.8 Å². The molecule has 11 aromatic rings. The van der Waals surface area contributed by atoms with Crippen LogP contribution in [0, 0.1) is 0 Å². The maximum absolute atomic E-state index is 5.32. The number of hydrogen-bond donors (Lipinski definition) is 0. The highest BCUT2D eigenvalue weighted by molar-refractivity contribution is 6.18. The van der Waals surface area contributed by atoms with E-state index in [1.54, 1.807) is 0 Å². The van der Waals surface area contributed by atoms with Crippen LogP contribution in [-0.2, 0) is 0 Å². The lowest BCUT2D eigenvalue weighted by Gasteiger charge is -2.12. The van der Waals surface area contributed by atoms with Gasteiger partial charge < -0.3 is 0 Å². The lowest BCUT2D eigenvalue weighted by molar-refractivity contribution is 1.29. The molecule has 250 valence electrons. The molecule has 0 N–H and O–H groups in total. The number of hydrogen-bond acceptors (Lipinski definition) is 4. The molecule has 0 atom stereocenters. The Kier molecular flexibility index (Phi) is 6.82. The molecule has 0 amide bonds. The van der Waals surface area contributed by atoms with Crippen molar-refractivity contribution >= 4 is 65.0 Å². The van der Waals surface area contributed by atoms with Crippen molar-refractivity contribution in [3.8, 4) is 45.2 Å². The van der Waals surface area contributed by atoms with Gasteiger partial charge in [-0.15, -0.1) is 0 Å². The molecule has 0 bridgehead atoms. The molecule has 4 heteroatoms. The van der Waals surface area contributed by atoms with Crippen molar-refractivity contribution in [2.75, 3.05) is 0 Å². The zero-order valence-corrected chi connectivity index (χ0v) is 29.1. The third-order valence-electron chi connectivity index (χ3n) is 10.6. The van der Waals surface area contributed by atoms with Gasteiger partial charge in [-0.25, -0.2) is 19.9 Å². The summed E-state index contributed by atoms with van der Waals surface area (Å²) in [5.74, 6) is 0. The zero-order valence-electron chi connectivity index (χ0n) is 29.1. The van der Waals surface area contributed by atoms with Gasteiger partial charge in [-0.2, -0.15) is 0 Å². The molecule has 0 aliphatic rings. The van der Waals surface area contributed by atoms with E-state index in [0.717, 1.165) is 99.4 Å². The summed E-state index contributed by atoms with van der Waals surface area (Å²) in [6.45, 7) is 0. The first kappa shape index (κ1) is 30.3. The van der Waals surface area contributed by atoms with Gasteiger partial charge in [-0.05, 0) is 57.9 Å². The van der Waals surface area contributed by atoms with Gasteiger partial charge in [-0.3, -0.25) is 0 Å². The summed E-state index contributed by atoms with van der Waals surface area (Å²) < 4.78 is 0. The predicted octanol–water partition coefficient (Wildman–Crippen LogP) is 12.9. The van der Waals surface area contributed by atoms with E-state index in [2.05, 4.69) is 164 Å². The first-order chi connectivity index (χ1) is 26.7. The largest absolute Gasteiger partial charge is 0.246 e. The summed E-state index contributed by atoms with van der Waals surface area (Å²) in [5, 5.41) is 10.2. The second kappa shape index (κ2) is 12.1. The van der Waals surface area contributed by atoms with Gasteiger partial charge in [0.2, 0.25) is 0 Å². The molecule has 7 aromatic carbocycles. The quantitative estimate of drug-likeness (QED) is 0.173. The van der Waals surface area contributed by atoms with Crippen LogP contribution in [0.4, 0.5) is 0 Å². The van der Waals surface area contributed by atoms with E-state index in [-0.39, 0.29) is 0 Å². The smallest absolute Gasteiger partial charge is 0.0972 e. The number of aromatic nitrogens is 4. The van der Waals surface area contributed by atoms with Crippen molar-refractivity contribution in [2.45, 2.75) is 0 Å². The Balaban J connectivity index is 1.01. The Morgan fingerprint density at radius 1 is 0.241 bits per heavy atom. The zero-order chi connectivity index (χ0) is 35.6. The monoisotopic (exact) mass is 686 g/mol. The molecule has 0 saturated heterocycles. The van der Waals surface area contributed by atoms with Crippen molar-refractivity contribution in [1.29, 1.82) is 0 Å². The van der Waals surface area contributed by atoms with Crippen molar-refractivity contribution in [3.05, 3.63) is 182 Å². The Hall–Kier alpha value is -7.30. The minimum absolute atomic E-state index is 0.851. The summed E-state index contributed by atoms with van der Waals surface area (Å²) in [5.41, 5.74) is 10.5. The van der Waals surface area contributed by atoms with Crippen LogP contribution in [0.5, 0.6) is 0 Å². The lowest BCUT2D eigenvalue weighted by Crippen LogP contribution is -1.94. The number of rotatable bonds is 4. The summed E-state index contributed by atoms with van der Waals surface area (Å²) in [6, 6.07) is 63.8. The molecule has 0 aliphatic heterocycles. The molecule has 4 nitrogen and oxygen atoms in total. The summed E-state index contributed by atoms with van der Waals surface area (Å²) >= 11 is 0. The molecule has 0 radical (unpaired) electrons. The molecule has 0 aliphatic carbocycles. The van der Waals surface area contributed by atoms with E-state index in [0.29, 0.717) is 0 Å². The van der Waals surface area contributed by atoms with Crippen LogP contribution in [0.3, 0.4) is 0 Å². The SMILES string of the molecule is c1ccc(-c2ccc3ccc4ccc(-c5ccc6ccc(-c7cccc(-c8nc9c%10ccccc%10ccc9c9ccccc89)n7)cc6c5)nc4c3n2)cc1. The van der Waals surface area contributed by atoms with Gasteiger partial charge in [-0.1, -0.05) is 146 Å². The van der Waals surface area contributed by atoms with Crippen LogP contribution in [0.25, 0.3) is 110 Å². The van der Waals surface area contributed by atoms with Crippen LogP contribution in [0.1, 0.15) is 0 Å². The summed E-state index contributed by atoms with van der Waals surface area (Å²) in [6.07, 6.45) is 0. The normalized spacial score (nSPS) is 11.7. The van der Waals surface area contributed by atoms with Crippen molar-refractivity contribution in [1.82, 2.24) is 19.9 Å². The van der Waals surface area contributed by atoms with Crippen molar-refractivity contribution in [3.63, 3.8) is 0 Å². The molecule has 54 heavy (non-hydrogen) atoms. The van der Waals surface area contributed by atoms with E-state index in [9.17, 15) is 0 Å². The Bertz CT molecular complexity index is 3280. The average molecular weight is 687 g/mol. The van der Waals surface area contributed by atoms with Crippen LogP contribution in [0.2, 0.25) is 0 Å². The molecule has 11 rings (SSSR count). The topological polar surface area (TPSA) is 51.6 Å². The molecule has 0 fully saturated rings. The van der Waals surface area contributed by atoms with Crippen molar-refractivity contribution < 1.29 is 0 Å². The molecular weight excluding hydrogens is 657 g/mol. The van der Waals surface area contributed by atoms with E-state index >= 15 is 0 Å². The fourth-order valence-corrected chi connectivity index (χ4v) is 7.88. The Labute approximate surface area is 311 Å². The number of pyridine rings is 4. The predicted molar refractivity (Wildman–Crippen MR) is 224 cm³/mol. The van der Waals surface area contributed by atoms with E-state index < -0.39 is 0 Å². The molecule has 0 saturated carbocycles. The Morgan fingerprint density at radius 3 is 1.54 bits per heavy atom. The van der Waals surface area contributed by atoms with Crippen LogP contribution >= 0.6 is 0 Å². The Morgan fingerprint density at radius 2 is 0.796 bits per heavy atom. The second-order valence-electron chi connectivity index (χ2n) is 13.8. The minimum Gasteiger partial charge on any atom is -0.246 e. The van der Waals surface area contributed by atoms with Gasteiger partial charge >= 0.3 is 0 Å². The van der Waals surface area contributed by atoms with Crippen molar-refractivity contribution in [2.24, 2.45) is 0 Å². The number of benzene rings is 7. The highest BCUT2D eigenvalue weighted by Crippen LogP contribution is 2.36. The third-order valence-corrected chi connectivity index (χ3v) is 10.6. The maximum atomic E-state index is 5.32. The minimum atomic E-state index is 0.851. The van der Waals surface area contributed by atoms with Crippen LogP contribution in [-0.4, -0.2) is 19.9 Å². The molecule has 4 heterocycles. The molecule has 0 spiro atoms. The second-order valence-corrected chi connectivity index (χ2v) is 13.8. The highest BCUT2D eigenvalue weighted by atomic mass is 14.8. The summed E-state index contributed by atoms with van der Waals surface area (Å²) in [7, 11) is 0. The fraction of sp³-hybridized carbons (Fsp3) is 0. The highest BCUT2D eigenvalue weighted by Gasteiger charge is 2.15. The third kappa shape index (κ3) is 5.00. The van der Waals surface area contributed by atoms with E-state index in [4.69, 9.17) is 19.9 Å².